The average Bonchev–Trinajstić information content (AvgIpc) is 2.95. The number of thiazole rings is 1. The maximum Gasteiger partial charge on any atom is 0.342 e. The van der Waals surface area contributed by atoms with Gasteiger partial charge in [0.1, 0.15) is 16.1 Å². The first-order valence-corrected chi connectivity index (χ1v) is 6.96. The van der Waals surface area contributed by atoms with Crippen LogP contribution < -0.4 is 0 Å². The van der Waals surface area contributed by atoms with Crippen LogP contribution in [0.25, 0.3) is 0 Å². The third kappa shape index (κ3) is 2.69. The summed E-state index contributed by atoms with van der Waals surface area (Å²) in [5.41, 5.74) is 0. The minimum absolute atomic E-state index is 0.0338. The number of rotatable bonds is 4. The quantitative estimate of drug-likeness (QED) is 0.350. The summed E-state index contributed by atoms with van der Waals surface area (Å²) < 4.78 is 23.7. The summed E-state index contributed by atoms with van der Waals surface area (Å²) in [5, 5.41) is 12.7. The summed E-state index contributed by atoms with van der Waals surface area (Å²) in [4.78, 5) is 18.0. The third-order valence-corrected chi connectivity index (χ3v) is 4.14. The lowest BCUT2D eigenvalue weighted by molar-refractivity contribution is -0.391. The van der Waals surface area contributed by atoms with Gasteiger partial charge in [-0.1, -0.05) is 0 Å². The molecule has 0 bridgehead atoms. The summed E-state index contributed by atoms with van der Waals surface area (Å²) in [6.45, 7) is 0. The van der Waals surface area contributed by atoms with Crippen molar-refractivity contribution in [3.63, 3.8) is 0 Å². The first kappa shape index (κ1) is 13.4. The Morgan fingerprint density at radius 2 is 2.26 bits per heavy atom. The number of aromatic nitrogens is 3. The Morgan fingerprint density at radius 3 is 2.74 bits per heavy atom. The minimum atomic E-state index is -2.45. The molecule has 0 aliphatic rings. The molecule has 8 nitrogen and oxygen atoms in total. The van der Waals surface area contributed by atoms with Crippen LogP contribution in [-0.4, -0.2) is 32.7 Å². The Balaban J connectivity index is 2.40. The maximum absolute atomic E-state index is 11.2. The van der Waals surface area contributed by atoms with Gasteiger partial charge in [0.05, 0.1) is 13.5 Å². The van der Waals surface area contributed by atoms with Crippen LogP contribution in [0.1, 0.15) is 10.8 Å². The highest BCUT2D eigenvalue weighted by Gasteiger charge is 2.20. The van der Waals surface area contributed by atoms with E-state index in [-0.39, 0.29) is 17.1 Å². The van der Waals surface area contributed by atoms with Gasteiger partial charge < -0.3 is 10.1 Å². The van der Waals surface area contributed by atoms with Crippen LogP contribution in [0, 0.1) is 10.1 Å². The summed E-state index contributed by atoms with van der Waals surface area (Å²) in [5.74, 6) is 0.103. The van der Waals surface area contributed by atoms with Crippen molar-refractivity contribution in [2.24, 2.45) is 7.05 Å². The highest BCUT2D eigenvalue weighted by atomic mass is 32.2. The fourth-order valence-corrected chi connectivity index (χ4v) is 2.85. The molecule has 100 valence electrons. The van der Waals surface area contributed by atoms with E-state index in [1.165, 1.54) is 29.1 Å². The van der Waals surface area contributed by atoms with E-state index in [2.05, 4.69) is 9.97 Å². The van der Waals surface area contributed by atoms with E-state index >= 15 is 0 Å². The van der Waals surface area contributed by atoms with Crippen LogP contribution in [0.2, 0.25) is 0 Å². The van der Waals surface area contributed by atoms with Gasteiger partial charge in [-0.15, -0.1) is 11.3 Å². The van der Waals surface area contributed by atoms with E-state index < -0.39 is 15.2 Å². The molecule has 0 radical (unpaired) electrons. The van der Waals surface area contributed by atoms with Crippen LogP contribution in [0.15, 0.2) is 17.8 Å². The average molecular weight is 300 g/mol. The predicted molar refractivity (Wildman–Crippen MR) is 68.7 cm³/mol. The second kappa shape index (κ2) is 5.28. The Morgan fingerprint density at radius 1 is 1.53 bits per heavy atom. The third-order valence-electron chi connectivity index (χ3n) is 2.44. The molecule has 2 rings (SSSR count). The molecule has 0 amide bonds. The van der Waals surface area contributed by atoms with Gasteiger partial charge >= 0.3 is 5.82 Å². The first-order valence-electron chi connectivity index (χ1n) is 5.00. The molecule has 0 N–H and O–H groups in total. The van der Waals surface area contributed by atoms with Gasteiger partial charge in [0.2, 0.25) is 16.1 Å². The van der Waals surface area contributed by atoms with Crippen LogP contribution in [0.3, 0.4) is 0 Å². The van der Waals surface area contributed by atoms with E-state index in [1.54, 1.807) is 5.38 Å². The van der Waals surface area contributed by atoms with E-state index in [9.17, 15) is 18.5 Å². The SMILES string of the molecule is Cn1c([N+](=O)[O-])cnc1CC(c1nccs1)=S(=O)=O. The van der Waals surface area contributed by atoms with E-state index in [0.29, 0.717) is 10.8 Å². The van der Waals surface area contributed by atoms with Gasteiger partial charge in [0.25, 0.3) is 0 Å². The Bertz CT molecular complexity index is 737. The monoisotopic (exact) mass is 300 g/mol. The van der Waals surface area contributed by atoms with Crippen LogP contribution in [-0.2, 0) is 23.8 Å². The molecule has 10 heteroatoms. The topological polar surface area (TPSA) is 108 Å². The fraction of sp³-hybridized carbons (Fsp3) is 0.222. The Labute approximate surface area is 113 Å². The highest BCUT2D eigenvalue weighted by Crippen LogP contribution is 2.14. The Kier molecular flexibility index (Phi) is 3.71. The number of nitro groups is 1. The fourth-order valence-electron chi connectivity index (χ4n) is 1.48. The van der Waals surface area contributed by atoms with Gasteiger partial charge in [0.15, 0.2) is 0 Å². The van der Waals surface area contributed by atoms with Gasteiger partial charge in [0, 0.05) is 11.6 Å². The summed E-state index contributed by atoms with van der Waals surface area (Å²) >= 11 is 1.19. The standard InChI is InChI=1S/C9H8N4O4S2/c1-12-7(11-5-8(12)13(14)15)4-6(19(16)17)9-10-2-3-18-9/h2-3,5H,4H2,1H3. The number of hydrogen-bond acceptors (Lipinski definition) is 7. The predicted octanol–water partition coefficient (Wildman–Crippen LogP) is 0.427. The van der Waals surface area contributed by atoms with E-state index in [1.807, 2.05) is 0 Å². The molecular formula is C9H8N4O4S2. The molecule has 0 aliphatic carbocycles. The minimum Gasteiger partial charge on any atom is -0.358 e. The number of imidazole rings is 1. The summed E-state index contributed by atoms with van der Waals surface area (Å²) in [6, 6.07) is 0. The van der Waals surface area contributed by atoms with Crippen molar-refractivity contribution >= 4 is 32.3 Å². The normalized spacial score (nSPS) is 10.4. The number of nitrogens with zero attached hydrogens (tertiary/aromatic N) is 4. The molecule has 0 aromatic carbocycles. The zero-order chi connectivity index (χ0) is 14.0. The van der Waals surface area contributed by atoms with Crippen molar-refractivity contribution in [3.8, 4) is 0 Å². The van der Waals surface area contributed by atoms with Crippen molar-refractivity contribution in [1.82, 2.24) is 14.5 Å². The van der Waals surface area contributed by atoms with E-state index in [4.69, 9.17) is 0 Å². The summed E-state index contributed by atoms with van der Waals surface area (Å²) in [7, 11) is -0.986. The molecular weight excluding hydrogens is 292 g/mol. The van der Waals surface area contributed by atoms with Crippen LogP contribution in [0.5, 0.6) is 0 Å². The van der Waals surface area contributed by atoms with Crippen molar-refractivity contribution < 1.29 is 13.3 Å². The lowest BCUT2D eigenvalue weighted by Crippen LogP contribution is -2.11. The molecule has 0 fully saturated rings. The summed E-state index contributed by atoms with van der Waals surface area (Å²) in [6.07, 6.45) is 2.56. The molecule has 2 aromatic rings. The lowest BCUT2D eigenvalue weighted by Gasteiger charge is -1.98. The molecule has 2 aromatic heterocycles. The largest absolute Gasteiger partial charge is 0.358 e. The smallest absolute Gasteiger partial charge is 0.342 e. The highest BCUT2D eigenvalue weighted by molar-refractivity contribution is 7.73. The van der Waals surface area contributed by atoms with Crippen LogP contribution in [0.4, 0.5) is 5.82 Å². The molecule has 0 saturated carbocycles. The van der Waals surface area contributed by atoms with Gasteiger partial charge in [-0.3, -0.25) is 0 Å². The lowest BCUT2D eigenvalue weighted by atomic mass is 10.3. The maximum atomic E-state index is 11.2. The molecule has 0 spiro atoms. The first-order chi connectivity index (χ1) is 9.00. The zero-order valence-electron chi connectivity index (χ0n) is 9.68. The molecule has 0 saturated heterocycles. The van der Waals surface area contributed by atoms with Gasteiger partial charge in [-0.2, -0.15) is 8.42 Å². The van der Waals surface area contributed by atoms with Crippen molar-refractivity contribution in [2.45, 2.75) is 6.42 Å². The second-order valence-electron chi connectivity index (χ2n) is 3.52. The molecule has 0 aliphatic heterocycles. The van der Waals surface area contributed by atoms with E-state index in [0.717, 1.165) is 6.20 Å². The number of hydrogen-bond donors (Lipinski definition) is 0. The van der Waals surface area contributed by atoms with Crippen molar-refractivity contribution in [2.75, 3.05) is 0 Å². The molecule has 0 atom stereocenters. The molecule has 2 heterocycles. The second-order valence-corrected chi connectivity index (χ2v) is 5.38. The van der Waals surface area contributed by atoms with Crippen molar-refractivity contribution in [3.05, 3.63) is 38.7 Å². The van der Waals surface area contributed by atoms with Gasteiger partial charge in [-0.05, 0) is 4.92 Å². The molecule has 0 unspecified atom stereocenters. The van der Waals surface area contributed by atoms with Crippen LogP contribution >= 0.6 is 11.3 Å². The van der Waals surface area contributed by atoms with Gasteiger partial charge in [-0.25, -0.2) is 14.5 Å². The Hall–Kier alpha value is -2.07. The van der Waals surface area contributed by atoms with Crippen molar-refractivity contribution in [1.29, 1.82) is 0 Å². The molecule has 19 heavy (non-hydrogen) atoms. The zero-order valence-corrected chi connectivity index (χ0v) is 11.3.